The van der Waals surface area contributed by atoms with Crippen molar-refractivity contribution in [1.29, 1.82) is 0 Å². The number of ether oxygens (including phenoxy) is 1. The Hall–Kier alpha value is 0.0700. The van der Waals surface area contributed by atoms with Gasteiger partial charge in [-0.25, -0.2) is 0 Å². The Morgan fingerprint density at radius 1 is 1.64 bits per heavy atom. The molecule has 0 heterocycles. The lowest BCUT2D eigenvalue weighted by Gasteiger charge is -2.19. The van der Waals surface area contributed by atoms with Crippen LogP contribution in [0.3, 0.4) is 0 Å². The van der Waals surface area contributed by atoms with Crippen molar-refractivity contribution in [3.63, 3.8) is 0 Å². The number of carbonyl (C=O) groups excluding carboxylic acids is 1. The maximum Gasteiger partial charge on any atom is 0.223 e. The van der Waals surface area contributed by atoms with Gasteiger partial charge in [0.2, 0.25) is 5.91 Å². The summed E-state index contributed by atoms with van der Waals surface area (Å²) < 4.78 is 4.89. The molecule has 1 amide bonds. The first-order valence-electron chi connectivity index (χ1n) is 4.47. The van der Waals surface area contributed by atoms with Crippen molar-refractivity contribution >= 4 is 29.3 Å². The first kappa shape index (κ1) is 14.1. The molecule has 0 aromatic heterocycles. The van der Waals surface area contributed by atoms with Crippen molar-refractivity contribution in [3.8, 4) is 0 Å². The topological polar surface area (TPSA) is 29.5 Å². The van der Waals surface area contributed by atoms with Crippen LogP contribution in [0, 0.1) is 0 Å². The third-order valence-corrected chi connectivity index (χ3v) is 2.64. The number of rotatable bonds is 7. The van der Waals surface area contributed by atoms with Gasteiger partial charge in [-0.3, -0.25) is 4.79 Å². The number of nitrogens with zero attached hydrogens (tertiary/aromatic N) is 1. The van der Waals surface area contributed by atoms with Gasteiger partial charge < -0.3 is 9.64 Å². The minimum Gasteiger partial charge on any atom is -0.383 e. The second-order valence-electron chi connectivity index (χ2n) is 3.07. The highest BCUT2D eigenvalue weighted by Crippen LogP contribution is 2.03. The molecule has 0 saturated carbocycles. The zero-order valence-electron chi connectivity index (χ0n) is 8.96. The summed E-state index contributed by atoms with van der Waals surface area (Å²) in [5.74, 6) is 1.00. The molecule has 0 N–H and O–H groups in total. The molecule has 1 unspecified atom stereocenters. The molecule has 1 atom stereocenters. The highest BCUT2D eigenvalue weighted by Gasteiger charge is 2.12. The van der Waals surface area contributed by atoms with E-state index in [1.54, 1.807) is 30.8 Å². The summed E-state index contributed by atoms with van der Waals surface area (Å²) in [7, 11) is 3.37. The number of halogens is 1. The van der Waals surface area contributed by atoms with E-state index in [2.05, 4.69) is 0 Å². The Bertz CT molecular complexity index is 169. The van der Waals surface area contributed by atoms with Gasteiger partial charge in [-0.15, -0.1) is 11.6 Å². The number of amides is 1. The molecule has 0 aliphatic rings. The van der Waals surface area contributed by atoms with Crippen molar-refractivity contribution in [3.05, 3.63) is 0 Å². The van der Waals surface area contributed by atoms with E-state index < -0.39 is 0 Å². The largest absolute Gasteiger partial charge is 0.383 e. The Kier molecular flexibility index (Phi) is 8.43. The number of alkyl halides is 1. The molecule has 0 aromatic carbocycles. The molecule has 0 spiro atoms. The summed E-state index contributed by atoms with van der Waals surface area (Å²) in [6.45, 7) is 1.02. The first-order valence-corrected chi connectivity index (χ1v) is 6.30. The molecule has 0 rings (SSSR count). The first-order chi connectivity index (χ1) is 6.61. The predicted octanol–water partition coefficient (Wildman–Crippen LogP) is 1.45. The van der Waals surface area contributed by atoms with Gasteiger partial charge in [0.1, 0.15) is 0 Å². The SMILES string of the molecule is COCC(Cl)CN(C)C(=O)CCSC. The molecule has 0 saturated heterocycles. The summed E-state index contributed by atoms with van der Waals surface area (Å²) in [5.41, 5.74) is 0. The maximum absolute atomic E-state index is 11.5. The van der Waals surface area contributed by atoms with Gasteiger partial charge in [-0.1, -0.05) is 0 Å². The van der Waals surface area contributed by atoms with Gasteiger partial charge in [0, 0.05) is 32.9 Å². The van der Waals surface area contributed by atoms with Gasteiger partial charge in [-0.2, -0.15) is 11.8 Å². The monoisotopic (exact) mass is 239 g/mol. The predicted molar refractivity (Wildman–Crippen MR) is 62.2 cm³/mol. The van der Waals surface area contributed by atoms with E-state index in [0.717, 1.165) is 5.75 Å². The third-order valence-electron chi connectivity index (χ3n) is 1.77. The minimum atomic E-state index is -0.122. The standard InChI is InChI=1S/C9H18ClNO2S/c1-11(6-8(10)7-13-2)9(12)4-5-14-3/h8H,4-7H2,1-3H3. The summed E-state index contributed by atoms with van der Waals surface area (Å²) in [6, 6.07) is 0. The molecule has 0 fully saturated rings. The van der Waals surface area contributed by atoms with E-state index in [9.17, 15) is 4.79 Å². The lowest BCUT2D eigenvalue weighted by atomic mass is 10.3. The molecule has 0 bridgehead atoms. The zero-order valence-corrected chi connectivity index (χ0v) is 10.5. The van der Waals surface area contributed by atoms with Gasteiger partial charge in [0.05, 0.1) is 12.0 Å². The molecule has 0 radical (unpaired) electrons. The van der Waals surface area contributed by atoms with E-state index in [0.29, 0.717) is 19.6 Å². The summed E-state index contributed by atoms with van der Waals surface area (Å²) in [4.78, 5) is 13.1. The summed E-state index contributed by atoms with van der Waals surface area (Å²) >= 11 is 7.60. The van der Waals surface area contributed by atoms with E-state index in [4.69, 9.17) is 16.3 Å². The average Bonchev–Trinajstić information content (AvgIpc) is 2.14. The number of thioether (sulfide) groups is 1. The van der Waals surface area contributed by atoms with Crippen LogP contribution in [0.1, 0.15) is 6.42 Å². The number of methoxy groups -OCH3 is 1. The number of carbonyl (C=O) groups is 1. The van der Waals surface area contributed by atoms with E-state index in [1.165, 1.54) is 0 Å². The maximum atomic E-state index is 11.5. The Balaban J connectivity index is 3.70. The zero-order chi connectivity index (χ0) is 11.0. The summed E-state index contributed by atoms with van der Waals surface area (Å²) in [5, 5.41) is -0.122. The fourth-order valence-corrected chi connectivity index (χ4v) is 1.72. The van der Waals surface area contributed by atoms with E-state index in [-0.39, 0.29) is 11.3 Å². The molecule has 3 nitrogen and oxygen atoms in total. The number of hydrogen-bond donors (Lipinski definition) is 0. The van der Waals surface area contributed by atoms with E-state index >= 15 is 0 Å². The lowest BCUT2D eigenvalue weighted by Crippen LogP contribution is -2.34. The van der Waals surface area contributed by atoms with Gasteiger partial charge >= 0.3 is 0 Å². The van der Waals surface area contributed by atoms with E-state index in [1.807, 2.05) is 6.26 Å². The van der Waals surface area contributed by atoms with Crippen LogP contribution in [0.4, 0.5) is 0 Å². The van der Waals surface area contributed by atoms with Crippen LogP contribution in [0.15, 0.2) is 0 Å². The minimum absolute atomic E-state index is 0.122. The second-order valence-corrected chi connectivity index (χ2v) is 4.67. The molecule has 14 heavy (non-hydrogen) atoms. The van der Waals surface area contributed by atoms with Crippen LogP contribution in [-0.2, 0) is 9.53 Å². The van der Waals surface area contributed by atoms with Gasteiger partial charge in [0.15, 0.2) is 0 Å². The van der Waals surface area contributed by atoms with Crippen molar-refractivity contribution < 1.29 is 9.53 Å². The van der Waals surface area contributed by atoms with Crippen LogP contribution >= 0.6 is 23.4 Å². The molecular formula is C9H18ClNO2S. The normalized spacial score (nSPS) is 12.6. The van der Waals surface area contributed by atoms with Crippen LogP contribution in [0.5, 0.6) is 0 Å². The smallest absolute Gasteiger partial charge is 0.223 e. The quantitative estimate of drug-likeness (QED) is 0.630. The van der Waals surface area contributed by atoms with Gasteiger partial charge in [-0.05, 0) is 6.26 Å². The van der Waals surface area contributed by atoms with Crippen LogP contribution in [0.2, 0.25) is 0 Å². The Morgan fingerprint density at radius 2 is 2.29 bits per heavy atom. The van der Waals surface area contributed by atoms with Crippen LogP contribution in [0.25, 0.3) is 0 Å². The van der Waals surface area contributed by atoms with Crippen LogP contribution < -0.4 is 0 Å². The van der Waals surface area contributed by atoms with Crippen molar-refractivity contribution in [2.45, 2.75) is 11.8 Å². The summed E-state index contributed by atoms with van der Waals surface area (Å²) in [6.07, 6.45) is 2.57. The van der Waals surface area contributed by atoms with Crippen molar-refractivity contribution in [1.82, 2.24) is 4.90 Å². The lowest BCUT2D eigenvalue weighted by molar-refractivity contribution is -0.129. The van der Waals surface area contributed by atoms with Crippen LogP contribution in [-0.4, -0.2) is 55.5 Å². The van der Waals surface area contributed by atoms with Crippen molar-refractivity contribution in [2.75, 3.05) is 39.3 Å². The van der Waals surface area contributed by atoms with Crippen molar-refractivity contribution in [2.24, 2.45) is 0 Å². The third kappa shape index (κ3) is 6.51. The molecule has 5 heteroatoms. The highest BCUT2D eigenvalue weighted by atomic mass is 35.5. The molecule has 0 aromatic rings. The second kappa shape index (κ2) is 8.38. The molecule has 0 aliphatic carbocycles. The highest BCUT2D eigenvalue weighted by molar-refractivity contribution is 7.98. The fraction of sp³-hybridized carbons (Fsp3) is 0.889. The van der Waals surface area contributed by atoms with Gasteiger partial charge in [0.25, 0.3) is 0 Å². The fourth-order valence-electron chi connectivity index (χ4n) is 1.01. The molecule has 0 aliphatic heterocycles. The number of hydrogen-bond acceptors (Lipinski definition) is 3. The molecular weight excluding hydrogens is 222 g/mol. The average molecular weight is 240 g/mol. The molecule has 84 valence electrons. The Labute approximate surface area is 95.1 Å². The Morgan fingerprint density at radius 3 is 2.79 bits per heavy atom.